The van der Waals surface area contributed by atoms with Gasteiger partial charge in [-0.25, -0.2) is 0 Å². The first-order valence-corrected chi connectivity index (χ1v) is 6.13. The van der Waals surface area contributed by atoms with E-state index in [-0.39, 0.29) is 6.42 Å². The molecule has 0 aromatic carbocycles. The molecule has 0 bridgehead atoms. The number of aliphatic hydroxyl groups excluding tert-OH is 1. The third kappa shape index (κ3) is 11.4. The van der Waals surface area contributed by atoms with Gasteiger partial charge in [0.05, 0.1) is 12.5 Å². The average Bonchev–Trinajstić information content (AvgIpc) is 2.15. The lowest BCUT2D eigenvalue weighted by atomic mass is 10.0. The Morgan fingerprint density at radius 2 is 1.67 bits per heavy atom. The largest absolute Gasteiger partial charge is 0.393 e. The molecule has 0 spiro atoms. The van der Waals surface area contributed by atoms with Crippen molar-refractivity contribution >= 4 is 5.91 Å². The van der Waals surface area contributed by atoms with Crippen LogP contribution in [-0.2, 0) is 4.79 Å². The molecule has 0 saturated heterocycles. The van der Waals surface area contributed by atoms with E-state index in [0.717, 1.165) is 12.8 Å². The lowest BCUT2D eigenvalue weighted by Crippen LogP contribution is -2.19. The summed E-state index contributed by atoms with van der Waals surface area (Å²) in [4.78, 5) is 10.5. The minimum absolute atomic E-state index is 0.107. The number of hydrogen-bond acceptors (Lipinski definition) is 2. The topological polar surface area (TPSA) is 63.3 Å². The lowest BCUT2D eigenvalue weighted by Gasteiger charge is -2.07. The Labute approximate surface area is 93.0 Å². The number of amides is 1. The van der Waals surface area contributed by atoms with Crippen LogP contribution in [-0.4, -0.2) is 17.1 Å². The number of unbranched alkanes of at least 4 members (excludes halogenated alkanes) is 6. The Hall–Kier alpha value is -0.570. The fourth-order valence-corrected chi connectivity index (χ4v) is 1.67. The van der Waals surface area contributed by atoms with E-state index in [1.165, 1.54) is 32.1 Å². The van der Waals surface area contributed by atoms with Gasteiger partial charge < -0.3 is 10.8 Å². The molecule has 0 aromatic heterocycles. The maximum atomic E-state index is 10.5. The summed E-state index contributed by atoms with van der Waals surface area (Å²) in [5.41, 5.74) is 4.98. The quantitative estimate of drug-likeness (QED) is 0.549. The van der Waals surface area contributed by atoms with Crippen molar-refractivity contribution in [3.63, 3.8) is 0 Å². The van der Waals surface area contributed by atoms with Crippen LogP contribution in [0.15, 0.2) is 0 Å². The molecule has 3 heteroatoms. The Balaban J connectivity index is 3.13. The molecule has 1 atom stereocenters. The van der Waals surface area contributed by atoms with E-state index >= 15 is 0 Å². The zero-order valence-electron chi connectivity index (χ0n) is 9.87. The maximum Gasteiger partial charge on any atom is 0.220 e. The van der Waals surface area contributed by atoms with Gasteiger partial charge >= 0.3 is 0 Å². The van der Waals surface area contributed by atoms with Crippen LogP contribution in [0.5, 0.6) is 0 Å². The van der Waals surface area contributed by atoms with Gasteiger partial charge in [0.15, 0.2) is 0 Å². The Kier molecular flexibility index (Phi) is 9.59. The van der Waals surface area contributed by atoms with Gasteiger partial charge in [-0.2, -0.15) is 0 Å². The normalized spacial score (nSPS) is 12.7. The number of carbonyl (C=O) groups is 1. The summed E-state index contributed by atoms with van der Waals surface area (Å²) in [5.74, 6) is -0.412. The third-order valence-electron chi connectivity index (χ3n) is 2.58. The molecule has 0 aliphatic carbocycles. The van der Waals surface area contributed by atoms with Crippen molar-refractivity contribution in [1.29, 1.82) is 0 Å². The minimum atomic E-state index is -0.529. The van der Waals surface area contributed by atoms with E-state index in [1.807, 2.05) is 0 Å². The highest BCUT2D eigenvalue weighted by Crippen LogP contribution is 2.10. The van der Waals surface area contributed by atoms with Gasteiger partial charge in [0, 0.05) is 0 Å². The van der Waals surface area contributed by atoms with Gasteiger partial charge in [-0.1, -0.05) is 51.9 Å². The lowest BCUT2D eigenvalue weighted by molar-refractivity contribution is -0.119. The van der Waals surface area contributed by atoms with Gasteiger partial charge in [-0.3, -0.25) is 4.79 Å². The van der Waals surface area contributed by atoms with E-state index < -0.39 is 12.0 Å². The Morgan fingerprint density at radius 1 is 1.13 bits per heavy atom. The van der Waals surface area contributed by atoms with E-state index in [1.54, 1.807) is 0 Å². The highest BCUT2D eigenvalue weighted by molar-refractivity contribution is 5.74. The molecular formula is C12H25NO2. The minimum Gasteiger partial charge on any atom is -0.393 e. The molecule has 90 valence electrons. The average molecular weight is 215 g/mol. The molecule has 1 amide bonds. The zero-order valence-corrected chi connectivity index (χ0v) is 9.87. The van der Waals surface area contributed by atoms with Crippen molar-refractivity contribution in [2.24, 2.45) is 5.73 Å². The molecule has 0 fully saturated rings. The number of aliphatic hydroxyl groups is 1. The number of hydrogen-bond donors (Lipinski definition) is 2. The Bertz CT molecular complexity index is 160. The van der Waals surface area contributed by atoms with Crippen LogP contribution in [0.2, 0.25) is 0 Å². The van der Waals surface area contributed by atoms with Crippen LogP contribution in [0.3, 0.4) is 0 Å². The second-order valence-electron chi connectivity index (χ2n) is 4.23. The van der Waals surface area contributed by atoms with E-state index in [9.17, 15) is 9.90 Å². The second-order valence-corrected chi connectivity index (χ2v) is 4.23. The number of carbonyl (C=O) groups excluding carboxylic acids is 1. The standard InChI is InChI=1S/C12H25NO2/c1-2-3-4-5-6-7-8-9-11(14)10-12(13)15/h11,14H,2-10H2,1H3,(H2,13,15)/t11-/m1/s1. The predicted molar refractivity (Wildman–Crippen MR) is 62.4 cm³/mol. The molecule has 3 nitrogen and oxygen atoms in total. The molecule has 0 heterocycles. The number of nitrogens with two attached hydrogens (primary N) is 1. The summed E-state index contributed by atoms with van der Waals surface area (Å²) >= 11 is 0. The molecule has 0 aliphatic heterocycles. The summed E-state index contributed by atoms with van der Waals surface area (Å²) in [7, 11) is 0. The molecular weight excluding hydrogens is 190 g/mol. The van der Waals surface area contributed by atoms with Crippen LogP contribution in [0, 0.1) is 0 Å². The Morgan fingerprint density at radius 3 is 2.20 bits per heavy atom. The van der Waals surface area contributed by atoms with Gasteiger partial charge in [-0.15, -0.1) is 0 Å². The molecule has 0 unspecified atom stereocenters. The van der Waals surface area contributed by atoms with Crippen molar-refractivity contribution < 1.29 is 9.90 Å². The summed E-state index contributed by atoms with van der Waals surface area (Å²) in [5, 5.41) is 9.36. The predicted octanol–water partition coefficient (Wildman–Crippen LogP) is 2.36. The smallest absolute Gasteiger partial charge is 0.220 e. The first-order valence-electron chi connectivity index (χ1n) is 6.13. The van der Waals surface area contributed by atoms with Crippen LogP contribution < -0.4 is 5.73 Å². The van der Waals surface area contributed by atoms with Gasteiger partial charge in [0.25, 0.3) is 0 Å². The summed E-state index contributed by atoms with van der Waals surface area (Å²) in [6.45, 7) is 2.21. The van der Waals surface area contributed by atoms with Crippen LogP contribution in [0.25, 0.3) is 0 Å². The van der Waals surface area contributed by atoms with Crippen molar-refractivity contribution in [2.45, 2.75) is 70.8 Å². The van der Waals surface area contributed by atoms with Crippen molar-refractivity contribution in [2.75, 3.05) is 0 Å². The molecule has 0 aliphatic rings. The molecule has 0 rings (SSSR count). The van der Waals surface area contributed by atoms with Crippen molar-refractivity contribution in [1.82, 2.24) is 0 Å². The van der Waals surface area contributed by atoms with E-state index in [0.29, 0.717) is 6.42 Å². The highest BCUT2D eigenvalue weighted by atomic mass is 16.3. The highest BCUT2D eigenvalue weighted by Gasteiger charge is 2.06. The fourth-order valence-electron chi connectivity index (χ4n) is 1.67. The molecule has 0 saturated carbocycles. The van der Waals surface area contributed by atoms with E-state index in [2.05, 4.69) is 6.92 Å². The van der Waals surface area contributed by atoms with Crippen molar-refractivity contribution in [3.05, 3.63) is 0 Å². The van der Waals surface area contributed by atoms with Gasteiger partial charge in [0.2, 0.25) is 5.91 Å². The summed E-state index contributed by atoms with van der Waals surface area (Å²) in [6, 6.07) is 0. The molecule has 0 aromatic rings. The first kappa shape index (κ1) is 14.4. The first-order chi connectivity index (χ1) is 7.16. The SMILES string of the molecule is CCCCCCCCC[C@@H](O)CC(N)=O. The summed E-state index contributed by atoms with van der Waals surface area (Å²) in [6.07, 6.45) is 8.88. The van der Waals surface area contributed by atoms with Crippen LogP contribution in [0.1, 0.15) is 64.7 Å². The van der Waals surface area contributed by atoms with Gasteiger partial charge in [0.1, 0.15) is 0 Å². The third-order valence-corrected chi connectivity index (χ3v) is 2.58. The maximum absolute atomic E-state index is 10.5. The monoisotopic (exact) mass is 215 g/mol. The van der Waals surface area contributed by atoms with Crippen LogP contribution >= 0.6 is 0 Å². The van der Waals surface area contributed by atoms with Crippen molar-refractivity contribution in [3.8, 4) is 0 Å². The summed E-state index contributed by atoms with van der Waals surface area (Å²) < 4.78 is 0. The van der Waals surface area contributed by atoms with Crippen LogP contribution in [0.4, 0.5) is 0 Å². The molecule has 15 heavy (non-hydrogen) atoms. The number of primary amides is 1. The molecule has 3 N–H and O–H groups in total. The zero-order chi connectivity index (χ0) is 11.5. The molecule has 0 radical (unpaired) electrons. The fraction of sp³-hybridized carbons (Fsp3) is 0.917. The van der Waals surface area contributed by atoms with Gasteiger partial charge in [-0.05, 0) is 6.42 Å². The number of rotatable bonds is 10. The second kappa shape index (κ2) is 9.97. The van der Waals surface area contributed by atoms with E-state index in [4.69, 9.17) is 5.73 Å².